The van der Waals surface area contributed by atoms with Gasteiger partial charge in [-0.15, -0.1) is 0 Å². The van der Waals surface area contributed by atoms with E-state index in [9.17, 15) is 4.79 Å². The van der Waals surface area contributed by atoms with Crippen molar-refractivity contribution in [1.82, 2.24) is 5.32 Å². The zero-order valence-corrected chi connectivity index (χ0v) is 10.2. The molecule has 1 rings (SSSR count). The highest BCUT2D eigenvalue weighted by Gasteiger charge is 2.19. The van der Waals surface area contributed by atoms with E-state index in [0.717, 1.165) is 13.1 Å². The Kier molecular flexibility index (Phi) is 5.73. The van der Waals surface area contributed by atoms with Crippen LogP contribution in [-0.2, 0) is 19.0 Å². The van der Waals surface area contributed by atoms with Gasteiger partial charge in [0.2, 0.25) is 0 Å². The lowest BCUT2D eigenvalue weighted by atomic mass is 10.2. The van der Waals surface area contributed by atoms with Crippen molar-refractivity contribution in [2.24, 2.45) is 0 Å². The van der Waals surface area contributed by atoms with Crippen LogP contribution in [0.15, 0.2) is 0 Å². The molecule has 5 heteroatoms. The van der Waals surface area contributed by atoms with Crippen LogP contribution in [0.4, 0.5) is 0 Å². The Bertz CT molecular complexity index is 220. The Morgan fingerprint density at radius 2 is 2.25 bits per heavy atom. The predicted octanol–water partition coefficient (Wildman–Crippen LogP) is 0.331. The Balaban J connectivity index is 2.08. The molecular formula is C11H21NO4. The van der Waals surface area contributed by atoms with Gasteiger partial charge in [0, 0.05) is 13.1 Å². The first-order valence-corrected chi connectivity index (χ1v) is 5.71. The van der Waals surface area contributed by atoms with E-state index in [4.69, 9.17) is 14.2 Å². The highest BCUT2D eigenvalue weighted by atomic mass is 16.6. The van der Waals surface area contributed by atoms with Gasteiger partial charge in [-0.1, -0.05) is 0 Å². The Morgan fingerprint density at radius 3 is 2.88 bits per heavy atom. The standard InChI is InChI=1S/C11H21NO4/c1-8(2)15-11(13)7-14-6-10-5-12-4-9(3)16-10/h8-10,12H,4-7H2,1-3H3. The number of nitrogens with one attached hydrogen (secondary N) is 1. The average molecular weight is 231 g/mol. The van der Waals surface area contributed by atoms with Gasteiger partial charge in [-0.25, -0.2) is 4.79 Å². The molecule has 0 amide bonds. The average Bonchev–Trinajstić information content (AvgIpc) is 2.16. The van der Waals surface area contributed by atoms with Crippen LogP contribution in [0.2, 0.25) is 0 Å². The van der Waals surface area contributed by atoms with Crippen LogP contribution in [0, 0.1) is 0 Å². The summed E-state index contributed by atoms with van der Waals surface area (Å²) in [6, 6.07) is 0. The van der Waals surface area contributed by atoms with E-state index in [1.807, 2.05) is 20.8 Å². The minimum Gasteiger partial charge on any atom is -0.461 e. The van der Waals surface area contributed by atoms with Crippen molar-refractivity contribution in [1.29, 1.82) is 0 Å². The molecule has 0 aliphatic carbocycles. The van der Waals surface area contributed by atoms with Crippen LogP contribution in [0.1, 0.15) is 20.8 Å². The summed E-state index contributed by atoms with van der Waals surface area (Å²) < 4.78 is 15.8. The van der Waals surface area contributed by atoms with Crippen molar-refractivity contribution in [3.63, 3.8) is 0 Å². The van der Waals surface area contributed by atoms with Crippen molar-refractivity contribution >= 4 is 5.97 Å². The van der Waals surface area contributed by atoms with E-state index in [1.54, 1.807) is 0 Å². The third kappa shape index (κ3) is 5.44. The topological polar surface area (TPSA) is 56.8 Å². The second-order valence-electron chi connectivity index (χ2n) is 4.28. The summed E-state index contributed by atoms with van der Waals surface area (Å²) >= 11 is 0. The number of hydrogen-bond donors (Lipinski definition) is 1. The lowest BCUT2D eigenvalue weighted by Gasteiger charge is -2.28. The van der Waals surface area contributed by atoms with Gasteiger partial charge < -0.3 is 19.5 Å². The summed E-state index contributed by atoms with van der Waals surface area (Å²) in [5.41, 5.74) is 0. The first kappa shape index (κ1) is 13.4. The van der Waals surface area contributed by atoms with Crippen LogP contribution in [0.3, 0.4) is 0 Å². The van der Waals surface area contributed by atoms with Crippen molar-refractivity contribution in [2.45, 2.75) is 39.1 Å². The largest absolute Gasteiger partial charge is 0.461 e. The minimum absolute atomic E-state index is 0.00752. The van der Waals surface area contributed by atoms with Crippen LogP contribution in [-0.4, -0.2) is 50.6 Å². The maximum Gasteiger partial charge on any atom is 0.332 e. The summed E-state index contributed by atoms with van der Waals surface area (Å²) in [6.07, 6.45) is 0.129. The molecule has 0 aromatic rings. The molecule has 0 radical (unpaired) electrons. The second-order valence-corrected chi connectivity index (χ2v) is 4.28. The molecular weight excluding hydrogens is 210 g/mol. The molecule has 1 saturated heterocycles. The van der Waals surface area contributed by atoms with E-state index >= 15 is 0 Å². The number of hydrogen-bond acceptors (Lipinski definition) is 5. The summed E-state index contributed by atoms with van der Waals surface area (Å²) in [6.45, 7) is 7.68. The molecule has 0 aromatic heterocycles. The molecule has 0 spiro atoms. The fraction of sp³-hybridized carbons (Fsp3) is 0.909. The summed E-state index contributed by atoms with van der Waals surface area (Å²) in [5.74, 6) is -0.327. The highest BCUT2D eigenvalue weighted by Crippen LogP contribution is 2.03. The molecule has 2 unspecified atom stereocenters. The number of carbonyl (C=O) groups excluding carboxylic acids is 1. The van der Waals surface area contributed by atoms with E-state index in [0.29, 0.717) is 6.61 Å². The van der Waals surface area contributed by atoms with Crippen molar-refractivity contribution in [2.75, 3.05) is 26.3 Å². The van der Waals surface area contributed by atoms with Crippen molar-refractivity contribution in [3.05, 3.63) is 0 Å². The zero-order chi connectivity index (χ0) is 12.0. The van der Waals surface area contributed by atoms with Gasteiger partial charge in [0.25, 0.3) is 0 Å². The molecule has 1 heterocycles. The van der Waals surface area contributed by atoms with E-state index < -0.39 is 0 Å². The molecule has 0 saturated carbocycles. The van der Waals surface area contributed by atoms with E-state index in [-0.39, 0.29) is 30.9 Å². The maximum atomic E-state index is 11.2. The van der Waals surface area contributed by atoms with Gasteiger partial charge in [0.15, 0.2) is 0 Å². The lowest BCUT2D eigenvalue weighted by Crippen LogP contribution is -2.45. The first-order chi connectivity index (χ1) is 7.58. The zero-order valence-electron chi connectivity index (χ0n) is 10.2. The van der Waals surface area contributed by atoms with Gasteiger partial charge in [-0.3, -0.25) is 0 Å². The van der Waals surface area contributed by atoms with Crippen LogP contribution < -0.4 is 5.32 Å². The van der Waals surface area contributed by atoms with Gasteiger partial charge >= 0.3 is 5.97 Å². The molecule has 16 heavy (non-hydrogen) atoms. The lowest BCUT2D eigenvalue weighted by molar-refractivity contribution is -0.155. The normalized spacial score (nSPS) is 25.8. The first-order valence-electron chi connectivity index (χ1n) is 5.71. The van der Waals surface area contributed by atoms with E-state index in [2.05, 4.69) is 5.32 Å². The molecule has 5 nitrogen and oxygen atoms in total. The molecule has 94 valence electrons. The number of ether oxygens (including phenoxy) is 3. The molecule has 1 aliphatic rings. The molecule has 2 atom stereocenters. The quantitative estimate of drug-likeness (QED) is 0.691. The maximum absolute atomic E-state index is 11.2. The van der Waals surface area contributed by atoms with E-state index in [1.165, 1.54) is 0 Å². The van der Waals surface area contributed by atoms with Gasteiger partial charge in [-0.2, -0.15) is 0 Å². The van der Waals surface area contributed by atoms with Crippen LogP contribution in [0.25, 0.3) is 0 Å². The van der Waals surface area contributed by atoms with Gasteiger partial charge in [0.1, 0.15) is 6.61 Å². The highest BCUT2D eigenvalue weighted by molar-refractivity contribution is 5.70. The Hall–Kier alpha value is -0.650. The van der Waals surface area contributed by atoms with Gasteiger partial charge in [0.05, 0.1) is 24.9 Å². The molecule has 0 aromatic carbocycles. The third-order valence-electron chi connectivity index (χ3n) is 2.12. The number of morpholine rings is 1. The van der Waals surface area contributed by atoms with Crippen molar-refractivity contribution < 1.29 is 19.0 Å². The molecule has 1 N–H and O–H groups in total. The Morgan fingerprint density at radius 1 is 1.50 bits per heavy atom. The van der Waals surface area contributed by atoms with Crippen LogP contribution >= 0.6 is 0 Å². The SMILES string of the molecule is CC(C)OC(=O)COCC1CNCC(C)O1. The fourth-order valence-corrected chi connectivity index (χ4v) is 1.54. The Labute approximate surface area is 96.4 Å². The number of esters is 1. The molecule has 0 bridgehead atoms. The van der Waals surface area contributed by atoms with Crippen LogP contribution in [0.5, 0.6) is 0 Å². The molecule has 1 aliphatic heterocycles. The predicted molar refractivity (Wildman–Crippen MR) is 59.3 cm³/mol. The third-order valence-corrected chi connectivity index (χ3v) is 2.12. The smallest absolute Gasteiger partial charge is 0.332 e. The van der Waals surface area contributed by atoms with Gasteiger partial charge in [-0.05, 0) is 20.8 Å². The second kappa shape index (κ2) is 6.83. The van der Waals surface area contributed by atoms with Crippen molar-refractivity contribution in [3.8, 4) is 0 Å². The fourth-order valence-electron chi connectivity index (χ4n) is 1.54. The number of carbonyl (C=O) groups is 1. The summed E-state index contributed by atoms with van der Waals surface area (Å²) in [4.78, 5) is 11.2. The summed E-state index contributed by atoms with van der Waals surface area (Å²) in [7, 11) is 0. The monoisotopic (exact) mass is 231 g/mol. The molecule has 1 fully saturated rings. The minimum atomic E-state index is -0.327. The summed E-state index contributed by atoms with van der Waals surface area (Å²) in [5, 5.41) is 3.23. The number of rotatable bonds is 5.